The standard InChI is InChI=1S/C20H26N2O2/c1-3-12-22(20(23)16-9-5-6-10-16)14-17-13-19(21-24-17)18-11-7-4-8-15(18)2/h3-4,7-8,11,16-17H,1,5-6,9-10,12-14H2,2H3/t17-/m1/s1. The van der Waals surface area contributed by atoms with Gasteiger partial charge in [-0.2, -0.15) is 0 Å². The third kappa shape index (κ3) is 3.69. The number of hydrogen-bond donors (Lipinski definition) is 0. The molecule has 4 heteroatoms. The van der Waals surface area contributed by atoms with Crippen molar-refractivity contribution in [1.29, 1.82) is 0 Å². The zero-order valence-electron chi connectivity index (χ0n) is 14.4. The van der Waals surface area contributed by atoms with Crippen LogP contribution in [0, 0.1) is 12.8 Å². The van der Waals surface area contributed by atoms with E-state index in [1.165, 1.54) is 18.4 Å². The van der Waals surface area contributed by atoms with Gasteiger partial charge in [-0.15, -0.1) is 6.58 Å². The Bertz CT molecular complexity index is 632. The Kier molecular flexibility index (Phi) is 5.34. The van der Waals surface area contributed by atoms with E-state index in [0.29, 0.717) is 13.1 Å². The minimum Gasteiger partial charge on any atom is -0.390 e. The third-order valence-electron chi connectivity index (χ3n) is 4.98. The van der Waals surface area contributed by atoms with Gasteiger partial charge in [0.15, 0.2) is 6.10 Å². The third-order valence-corrected chi connectivity index (χ3v) is 4.98. The number of carbonyl (C=O) groups excluding carboxylic acids is 1. The summed E-state index contributed by atoms with van der Waals surface area (Å²) < 4.78 is 0. The van der Waals surface area contributed by atoms with Gasteiger partial charge < -0.3 is 9.74 Å². The molecule has 128 valence electrons. The largest absolute Gasteiger partial charge is 0.390 e. The molecule has 0 radical (unpaired) electrons. The Morgan fingerprint density at radius 2 is 2.12 bits per heavy atom. The summed E-state index contributed by atoms with van der Waals surface area (Å²) in [6.45, 7) is 7.04. The van der Waals surface area contributed by atoms with Crippen LogP contribution in [-0.2, 0) is 9.63 Å². The summed E-state index contributed by atoms with van der Waals surface area (Å²) >= 11 is 0. The van der Waals surface area contributed by atoms with Gasteiger partial charge in [0.2, 0.25) is 5.91 Å². The average Bonchev–Trinajstić information content (AvgIpc) is 3.26. The van der Waals surface area contributed by atoms with Crippen molar-refractivity contribution >= 4 is 11.6 Å². The number of rotatable bonds is 6. The van der Waals surface area contributed by atoms with E-state index < -0.39 is 0 Å². The maximum Gasteiger partial charge on any atom is 0.226 e. The first-order chi connectivity index (χ1) is 11.7. The molecule has 1 amide bonds. The van der Waals surface area contributed by atoms with Gasteiger partial charge in [0.25, 0.3) is 0 Å². The van der Waals surface area contributed by atoms with Crippen LogP contribution in [0.5, 0.6) is 0 Å². The summed E-state index contributed by atoms with van der Waals surface area (Å²) in [5.74, 6) is 0.434. The van der Waals surface area contributed by atoms with Crippen LogP contribution in [0.15, 0.2) is 42.1 Å². The Labute approximate surface area is 144 Å². The fourth-order valence-corrected chi connectivity index (χ4v) is 3.67. The molecule has 0 spiro atoms. The predicted molar refractivity (Wildman–Crippen MR) is 95.9 cm³/mol. The number of oxime groups is 1. The number of benzene rings is 1. The van der Waals surface area contributed by atoms with Crippen molar-refractivity contribution in [3.05, 3.63) is 48.0 Å². The van der Waals surface area contributed by atoms with Gasteiger partial charge >= 0.3 is 0 Å². The molecule has 0 aromatic heterocycles. The van der Waals surface area contributed by atoms with Crippen molar-refractivity contribution in [3.63, 3.8) is 0 Å². The van der Waals surface area contributed by atoms with Crippen molar-refractivity contribution < 1.29 is 9.63 Å². The molecule has 1 heterocycles. The van der Waals surface area contributed by atoms with Crippen molar-refractivity contribution in [1.82, 2.24) is 4.90 Å². The SMILES string of the molecule is C=CCN(C[C@H]1CC(c2ccccc2C)=NO1)C(=O)C1CCCC1. The summed E-state index contributed by atoms with van der Waals surface area (Å²) in [5.41, 5.74) is 3.31. The van der Waals surface area contributed by atoms with E-state index in [1.807, 2.05) is 17.0 Å². The molecule has 0 bridgehead atoms. The van der Waals surface area contributed by atoms with Crippen LogP contribution in [0.4, 0.5) is 0 Å². The van der Waals surface area contributed by atoms with E-state index in [0.717, 1.165) is 30.5 Å². The summed E-state index contributed by atoms with van der Waals surface area (Å²) in [5, 5.41) is 4.27. The highest BCUT2D eigenvalue weighted by molar-refractivity contribution is 6.02. The van der Waals surface area contributed by atoms with Gasteiger partial charge in [-0.1, -0.05) is 48.3 Å². The molecule has 0 N–H and O–H groups in total. The van der Waals surface area contributed by atoms with Gasteiger partial charge in [-0.25, -0.2) is 0 Å². The Morgan fingerprint density at radius 1 is 1.38 bits per heavy atom. The predicted octanol–water partition coefficient (Wildman–Crippen LogP) is 3.69. The second kappa shape index (κ2) is 7.65. The Balaban J connectivity index is 1.62. The number of carbonyl (C=O) groups is 1. The van der Waals surface area contributed by atoms with E-state index in [1.54, 1.807) is 6.08 Å². The molecule has 3 rings (SSSR count). The number of hydrogen-bond acceptors (Lipinski definition) is 3. The summed E-state index contributed by atoms with van der Waals surface area (Å²) in [7, 11) is 0. The van der Waals surface area contributed by atoms with Gasteiger partial charge in [0, 0.05) is 24.4 Å². The van der Waals surface area contributed by atoms with Crippen molar-refractivity contribution in [2.45, 2.75) is 45.1 Å². The highest BCUT2D eigenvalue weighted by Gasteiger charge is 2.31. The normalized spacial score (nSPS) is 20.5. The van der Waals surface area contributed by atoms with Gasteiger partial charge in [0.05, 0.1) is 12.3 Å². The van der Waals surface area contributed by atoms with Gasteiger partial charge in [-0.05, 0) is 25.3 Å². The first kappa shape index (κ1) is 16.7. The van der Waals surface area contributed by atoms with E-state index in [-0.39, 0.29) is 17.9 Å². The van der Waals surface area contributed by atoms with Crippen molar-refractivity contribution in [2.24, 2.45) is 11.1 Å². The van der Waals surface area contributed by atoms with E-state index in [9.17, 15) is 4.79 Å². The van der Waals surface area contributed by atoms with Crippen LogP contribution in [0.2, 0.25) is 0 Å². The lowest BCUT2D eigenvalue weighted by Gasteiger charge is -2.26. The summed E-state index contributed by atoms with van der Waals surface area (Å²) in [6, 6.07) is 8.20. The Morgan fingerprint density at radius 3 is 2.83 bits per heavy atom. The highest BCUT2D eigenvalue weighted by Crippen LogP contribution is 2.27. The lowest BCUT2D eigenvalue weighted by Crippen LogP contribution is -2.40. The van der Waals surface area contributed by atoms with Crippen LogP contribution < -0.4 is 0 Å². The molecule has 0 saturated heterocycles. The molecule has 1 aliphatic carbocycles. The van der Waals surface area contributed by atoms with Gasteiger partial charge in [-0.3, -0.25) is 4.79 Å². The average molecular weight is 326 g/mol. The van der Waals surface area contributed by atoms with Gasteiger partial charge in [0.1, 0.15) is 0 Å². The van der Waals surface area contributed by atoms with E-state index >= 15 is 0 Å². The number of amides is 1. The molecule has 24 heavy (non-hydrogen) atoms. The molecular weight excluding hydrogens is 300 g/mol. The van der Waals surface area contributed by atoms with E-state index in [2.05, 4.69) is 30.8 Å². The molecule has 2 aliphatic rings. The van der Waals surface area contributed by atoms with E-state index in [4.69, 9.17) is 4.84 Å². The fraction of sp³-hybridized carbons (Fsp3) is 0.500. The molecule has 1 atom stereocenters. The maximum absolute atomic E-state index is 12.7. The molecule has 4 nitrogen and oxygen atoms in total. The first-order valence-corrected chi connectivity index (χ1v) is 8.87. The van der Waals surface area contributed by atoms with Crippen LogP contribution in [-0.4, -0.2) is 35.7 Å². The van der Waals surface area contributed by atoms with Crippen LogP contribution in [0.1, 0.15) is 43.2 Å². The van der Waals surface area contributed by atoms with Crippen LogP contribution in [0.3, 0.4) is 0 Å². The second-order valence-corrected chi connectivity index (χ2v) is 6.80. The van der Waals surface area contributed by atoms with Crippen molar-refractivity contribution in [3.8, 4) is 0 Å². The number of aryl methyl sites for hydroxylation is 1. The quantitative estimate of drug-likeness (QED) is 0.748. The molecule has 1 aliphatic heterocycles. The van der Waals surface area contributed by atoms with Crippen LogP contribution >= 0.6 is 0 Å². The molecule has 1 aromatic rings. The molecule has 0 unspecified atom stereocenters. The highest BCUT2D eigenvalue weighted by atomic mass is 16.6. The fourth-order valence-electron chi connectivity index (χ4n) is 3.67. The summed E-state index contributed by atoms with van der Waals surface area (Å²) in [4.78, 5) is 20.2. The molecule has 1 fully saturated rings. The second-order valence-electron chi connectivity index (χ2n) is 6.80. The maximum atomic E-state index is 12.7. The molecule has 1 aromatic carbocycles. The smallest absolute Gasteiger partial charge is 0.226 e. The number of nitrogens with zero attached hydrogens (tertiary/aromatic N) is 2. The first-order valence-electron chi connectivity index (χ1n) is 8.87. The topological polar surface area (TPSA) is 41.9 Å². The lowest BCUT2D eigenvalue weighted by atomic mass is 10.00. The molecular formula is C20H26N2O2. The van der Waals surface area contributed by atoms with Crippen molar-refractivity contribution in [2.75, 3.05) is 13.1 Å². The zero-order chi connectivity index (χ0) is 16.9. The monoisotopic (exact) mass is 326 g/mol. The minimum atomic E-state index is -0.0649. The lowest BCUT2D eigenvalue weighted by molar-refractivity contribution is -0.136. The zero-order valence-corrected chi connectivity index (χ0v) is 14.4. The van der Waals surface area contributed by atoms with Crippen LogP contribution in [0.25, 0.3) is 0 Å². The molecule has 1 saturated carbocycles. The Hall–Kier alpha value is -2.10. The summed E-state index contributed by atoms with van der Waals surface area (Å²) in [6.07, 6.45) is 6.84. The minimum absolute atomic E-state index is 0.0649.